The van der Waals surface area contributed by atoms with Gasteiger partial charge in [0, 0.05) is 29.6 Å². The molecule has 8 nitrogen and oxygen atoms in total. The van der Waals surface area contributed by atoms with E-state index in [1.165, 1.54) is 0 Å². The van der Waals surface area contributed by atoms with Gasteiger partial charge in [0.2, 0.25) is 0 Å². The first-order valence-corrected chi connectivity index (χ1v) is 11.1. The van der Waals surface area contributed by atoms with E-state index >= 15 is 0 Å². The van der Waals surface area contributed by atoms with E-state index in [4.69, 9.17) is 9.47 Å². The Balaban J connectivity index is 1.47. The molecule has 33 heavy (non-hydrogen) atoms. The Morgan fingerprint density at radius 1 is 1.18 bits per heavy atom. The van der Waals surface area contributed by atoms with Gasteiger partial charge in [-0.05, 0) is 51.0 Å². The number of rotatable bonds is 5. The molecule has 3 heterocycles. The van der Waals surface area contributed by atoms with Crippen molar-refractivity contribution in [2.45, 2.75) is 45.0 Å². The fraction of sp³-hybridized carbons (Fsp3) is 0.320. The number of aromatic amines is 1. The van der Waals surface area contributed by atoms with Gasteiger partial charge in [-0.15, -0.1) is 0 Å². The average Bonchev–Trinajstić information content (AvgIpc) is 3.35. The molecule has 170 valence electrons. The number of pyridine rings is 1. The number of para-hydroxylation sites is 1. The topological polar surface area (TPSA) is 105 Å². The van der Waals surface area contributed by atoms with Gasteiger partial charge in [-0.2, -0.15) is 0 Å². The summed E-state index contributed by atoms with van der Waals surface area (Å²) >= 11 is 0. The minimum Gasteiger partial charge on any atom is -0.356 e. The molecule has 5 rings (SSSR count). The molecular formula is C25H26N4O4. The molecule has 1 fully saturated rings. The van der Waals surface area contributed by atoms with Gasteiger partial charge in [-0.3, -0.25) is 9.59 Å². The summed E-state index contributed by atoms with van der Waals surface area (Å²) in [5.41, 5.74) is 4.88. The Morgan fingerprint density at radius 2 is 2.00 bits per heavy atom. The van der Waals surface area contributed by atoms with Crippen LogP contribution in [0.5, 0.6) is 0 Å². The molecule has 0 spiro atoms. The number of ether oxygens (including phenoxy) is 2. The van der Waals surface area contributed by atoms with Crippen LogP contribution in [-0.4, -0.2) is 40.2 Å². The molecule has 3 aromatic rings. The van der Waals surface area contributed by atoms with E-state index in [9.17, 15) is 9.59 Å². The van der Waals surface area contributed by atoms with E-state index in [2.05, 4.69) is 20.6 Å². The summed E-state index contributed by atoms with van der Waals surface area (Å²) in [4.78, 5) is 33.2. The van der Waals surface area contributed by atoms with E-state index in [1.54, 1.807) is 26.1 Å². The normalized spacial score (nSPS) is 19.2. The summed E-state index contributed by atoms with van der Waals surface area (Å²) in [6.45, 7) is 3.73. The van der Waals surface area contributed by atoms with Crippen LogP contribution >= 0.6 is 0 Å². The van der Waals surface area contributed by atoms with Gasteiger partial charge < -0.3 is 25.1 Å². The predicted octanol–water partition coefficient (Wildman–Crippen LogP) is 4.43. The number of hydrogen-bond donors (Lipinski definition) is 3. The zero-order valence-electron chi connectivity index (χ0n) is 18.6. The van der Waals surface area contributed by atoms with Crippen molar-refractivity contribution in [1.82, 2.24) is 9.97 Å². The van der Waals surface area contributed by atoms with Crippen LogP contribution in [0.4, 0.5) is 17.2 Å². The number of Topliss-reactive ketones (excluding diaryl/α,β-unsaturated/α-hetero) is 1. The average molecular weight is 447 g/mol. The predicted molar refractivity (Wildman–Crippen MR) is 125 cm³/mol. The Morgan fingerprint density at radius 3 is 2.76 bits per heavy atom. The second kappa shape index (κ2) is 8.46. The summed E-state index contributed by atoms with van der Waals surface area (Å²) in [7, 11) is 0. The van der Waals surface area contributed by atoms with Crippen LogP contribution in [0.25, 0.3) is 11.3 Å². The Hall–Kier alpha value is -3.49. The number of aryl methyl sites for hydroxylation is 1. The molecular weight excluding hydrogens is 420 g/mol. The van der Waals surface area contributed by atoms with Gasteiger partial charge in [0.1, 0.15) is 5.82 Å². The SMILES string of the molecule is CC1(C)OC[C@@H](C(=O)Nc2cc(-c3[nH]c4c(c3Nc3ccccc3)C(=O)CCC4)ccn2)O1. The molecule has 0 unspecified atom stereocenters. The maximum Gasteiger partial charge on any atom is 0.257 e. The van der Waals surface area contributed by atoms with Crippen molar-refractivity contribution in [2.75, 3.05) is 17.2 Å². The van der Waals surface area contributed by atoms with Gasteiger partial charge in [-0.25, -0.2) is 4.98 Å². The molecule has 2 aromatic heterocycles. The number of nitrogens with zero attached hydrogens (tertiary/aromatic N) is 1. The lowest BCUT2D eigenvalue weighted by molar-refractivity contribution is -0.150. The molecule has 1 saturated heterocycles. The fourth-order valence-corrected chi connectivity index (χ4v) is 4.28. The number of nitrogens with one attached hydrogen (secondary N) is 3. The van der Waals surface area contributed by atoms with Crippen LogP contribution in [-0.2, 0) is 20.7 Å². The summed E-state index contributed by atoms with van der Waals surface area (Å²) in [5, 5.41) is 6.24. The maximum absolute atomic E-state index is 12.8. The third-order valence-electron chi connectivity index (χ3n) is 5.83. The highest BCUT2D eigenvalue weighted by Gasteiger charge is 2.37. The summed E-state index contributed by atoms with van der Waals surface area (Å²) in [5.74, 6) is -0.574. The molecule has 2 aliphatic rings. The molecule has 1 aromatic carbocycles. The molecule has 1 atom stereocenters. The maximum atomic E-state index is 12.8. The minimum atomic E-state index is -0.787. The number of carbonyl (C=O) groups excluding carboxylic acids is 2. The van der Waals surface area contributed by atoms with Gasteiger partial charge in [0.05, 0.1) is 23.6 Å². The number of benzene rings is 1. The molecule has 1 aliphatic heterocycles. The number of hydrogen-bond acceptors (Lipinski definition) is 6. The van der Waals surface area contributed by atoms with Crippen molar-refractivity contribution in [3.63, 3.8) is 0 Å². The van der Waals surface area contributed by atoms with E-state index in [0.717, 1.165) is 41.2 Å². The van der Waals surface area contributed by atoms with Crippen molar-refractivity contribution >= 4 is 28.9 Å². The summed E-state index contributed by atoms with van der Waals surface area (Å²) in [6.07, 6.45) is 3.11. The van der Waals surface area contributed by atoms with E-state index in [-0.39, 0.29) is 18.3 Å². The van der Waals surface area contributed by atoms with Crippen molar-refractivity contribution in [2.24, 2.45) is 0 Å². The second-order valence-corrected chi connectivity index (χ2v) is 8.73. The van der Waals surface area contributed by atoms with Crippen LogP contribution in [0, 0.1) is 0 Å². The van der Waals surface area contributed by atoms with Gasteiger partial charge in [0.25, 0.3) is 5.91 Å². The summed E-state index contributed by atoms with van der Waals surface area (Å²) < 4.78 is 11.1. The lowest BCUT2D eigenvalue weighted by atomic mass is 9.95. The highest BCUT2D eigenvalue weighted by Crippen LogP contribution is 2.39. The number of fused-ring (bicyclic) bond motifs is 1. The van der Waals surface area contributed by atoms with Crippen LogP contribution < -0.4 is 10.6 Å². The quantitative estimate of drug-likeness (QED) is 0.536. The molecule has 0 bridgehead atoms. The first kappa shape index (κ1) is 21.4. The molecule has 1 aliphatic carbocycles. The highest BCUT2D eigenvalue weighted by atomic mass is 16.7. The molecule has 0 radical (unpaired) electrons. The lowest BCUT2D eigenvalue weighted by Crippen LogP contribution is -2.32. The molecule has 0 saturated carbocycles. The zero-order chi connectivity index (χ0) is 23.0. The number of carbonyl (C=O) groups is 2. The second-order valence-electron chi connectivity index (χ2n) is 8.73. The van der Waals surface area contributed by atoms with Crippen LogP contribution in [0.2, 0.25) is 0 Å². The van der Waals surface area contributed by atoms with E-state index < -0.39 is 11.9 Å². The van der Waals surface area contributed by atoms with Crippen molar-refractivity contribution in [3.05, 3.63) is 59.9 Å². The van der Waals surface area contributed by atoms with E-state index in [0.29, 0.717) is 17.8 Å². The van der Waals surface area contributed by atoms with Gasteiger partial charge in [-0.1, -0.05) is 18.2 Å². The first-order chi connectivity index (χ1) is 15.9. The van der Waals surface area contributed by atoms with Crippen molar-refractivity contribution in [3.8, 4) is 11.3 Å². The third-order valence-corrected chi connectivity index (χ3v) is 5.83. The highest BCUT2D eigenvalue weighted by molar-refractivity contribution is 6.07. The van der Waals surface area contributed by atoms with Gasteiger partial charge >= 0.3 is 0 Å². The monoisotopic (exact) mass is 446 g/mol. The number of aromatic nitrogens is 2. The molecule has 3 N–H and O–H groups in total. The third kappa shape index (κ3) is 4.40. The van der Waals surface area contributed by atoms with Gasteiger partial charge in [0.15, 0.2) is 17.7 Å². The van der Waals surface area contributed by atoms with Crippen molar-refractivity contribution < 1.29 is 19.1 Å². The Kier molecular flexibility index (Phi) is 5.47. The Bertz CT molecular complexity index is 1200. The standard InChI is InChI=1S/C25H26N4O4/c1-25(2)32-14-19(33-25)24(31)29-20-13-15(11-12-26-20)22-23(27-16-7-4-3-5-8-16)21-17(28-22)9-6-10-18(21)30/h3-5,7-8,11-13,19,27-28H,6,9-10,14H2,1-2H3,(H,26,29,31)/t19-/m0/s1. The number of ketones is 1. The molecule has 1 amide bonds. The van der Waals surface area contributed by atoms with Crippen LogP contribution in [0.1, 0.15) is 42.7 Å². The molecule has 8 heteroatoms. The number of anilines is 3. The first-order valence-electron chi connectivity index (χ1n) is 11.1. The summed E-state index contributed by atoms with van der Waals surface area (Å²) in [6, 6.07) is 13.4. The lowest BCUT2D eigenvalue weighted by Gasteiger charge is -2.16. The number of H-pyrrole nitrogens is 1. The largest absolute Gasteiger partial charge is 0.356 e. The van der Waals surface area contributed by atoms with Crippen LogP contribution in [0.15, 0.2) is 48.7 Å². The van der Waals surface area contributed by atoms with E-state index in [1.807, 2.05) is 36.4 Å². The fourth-order valence-electron chi connectivity index (χ4n) is 4.28. The van der Waals surface area contributed by atoms with Crippen LogP contribution in [0.3, 0.4) is 0 Å². The Labute approximate surface area is 191 Å². The van der Waals surface area contributed by atoms with Crippen molar-refractivity contribution in [1.29, 1.82) is 0 Å². The number of amides is 1. The smallest absolute Gasteiger partial charge is 0.257 e. The minimum absolute atomic E-state index is 0.126. The zero-order valence-corrected chi connectivity index (χ0v) is 18.6.